The Kier molecular flexibility index (Phi) is 4.98. The molecule has 5 rings (SSSR count). The quantitative estimate of drug-likeness (QED) is 0.409. The van der Waals surface area contributed by atoms with Gasteiger partial charge in [0, 0.05) is 17.1 Å². The van der Waals surface area contributed by atoms with Gasteiger partial charge in [-0.25, -0.2) is 14.2 Å². The standard InChI is InChI=1S/C24H15FN4O4/c25-16-9-3-13(4-10-16)12-18-28-29-23(33-18)21-22(30)20-17(2-1-11-26-20)19(27-21)14-5-7-15(8-6-14)24(31)32/h1-11,30H,12H2,(H,31,32). The van der Waals surface area contributed by atoms with Crippen LogP contribution in [0.5, 0.6) is 5.75 Å². The van der Waals surface area contributed by atoms with Crippen LogP contribution in [0, 0.1) is 5.82 Å². The maximum Gasteiger partial charge on any atom is 0.335 e. The highest BCUT2D eigenvalue weighted by atomic mass is 19.1. The van der Waals surface area contributed by atoms with E-state index >= 15 is 0 Å². The first-order valence-corrected chi connectivity index (χ1v) is 9.88. The zero-order valence-corrected chi connectivity index (χ0v) is 16.9. The molecule has 3 aromatic heterocycles. The monoisotopic (exact) mass is 442 g/mol. The lowest BCUT2D eigenvalue weighted by Gasteiger charge is -2.10. The number of halogens is 1. The maximum atomic E-state index is 13.1. The SMILES string of the molecule is O=C(O)c1ccc(-c2nc(-c3nnc(Cc4ccc(F)cc4)o3)c(O)c3ncccc23)cc1. The van der Waals surface area contributed by atoms with Crippen molar-refractivity contribution in [3.8, 4) is 28.6 Å². The lowest BCUT2D eigenvalue weighted by atomic mass is 10.0. The Morgan fingerprint density at radius 1 is 0.970 bits per heavy atom. The molecular formula is C24H15FN4O4. The van der Waals surface area contributed by atoms with Gasteiger partial charge in [0.05, 0.1) is 17.7 Å². The van der Waals surface area contributed by atoms with Gasteiger partial charge in [-0.05, 0) is 42.0 Å². The first-order chi connectivity index (χ1) is 16.0. The summed E-state index contributed by atoms with van der Waals surface area (Å²) >= 11 is 0. The van der Waals surface area contributed by atoms with Gasteiger partial charge in [0.25, 0.3) is 5.89 Å². The summed E-state index contributed by atoms with van der Waals surface area (Å²) in [5.41, 5.74) is 2.37. The van der Waals surface area contributed by atoms with Crippen LogP contribution >= 0.6 is 0 Å². The van der Waals surface area contributed by atoms with E-state index < -0.39 is 5.97 Å². The van der Waals surface area contributed by atoms with Crippen LogP contribution in [-0.4, -0.2) is 36.3 Å². The lowest BCUT2D eigenvalue weighted by Crippen LogP contribution is -1.97. The highest BCUT2D eigenvalue weighted by Gasteiger charge is 2.21. The molecule has 0 fully saturated rings. The number of pyridine rings is 2. The highest BCUT2D eigenvalue weighted by Crippen LogP contribution is 2.37. The van der Waals surface area contributed by atoms with Gasteiger partial charge >= 0.3 is 5.97 Å². The number of hydrogen-bond donors (Lipinski definition) is 2. The fourth-order valence-corrected chi connectivity index (χ4v) is 3.46. The Labute approximate surface area is 186 Å². The molecule has 0 aliphatic carbocycles. The van der Waals surface area contributed by atoms with E-state index in [0.29, 0.717) is 16.6 Å². The van der Waals surface area contributed by atoms with Crippen LogP contribution in [0.3, 0.4) is 0 Å². The van der Waals surface area contributed by atoms with Crippen LogP contribution in [0.25, 0.3) is 33.7 Å². The Hall–Kier alpha value is -4.66. The summed E-state index contributed by atoms with van der Waals surface area (Å²) in [6.45, 7) is 0. The molecule has 0 saturated carbocycles. The molecule has 0 radical (unpaired) electrons. The molecule has 5 aromatic rings. The zero-order chi connectivity index (χ0) is 22.9. The van der Waals surface area contributed by atoms with Crippen LogP contribution in [0.4, 0.5) is 4.39 Å². The average molecular weight is 442 g/mol. The molecule has 0 saturated heterocycles. The normalized spacial score (nSPS) is 11.1. The summed E-state index contributed by atoms with van der Waals surface area (Å²) in [4.78, 5) is 20.0. The van der Waals surface area contributed by atoms with Crippen molar-refractivity contribution in [2.24, 2.45) is 0 Å². The van der Waals surface area contributed by atoms with Gasteiger partial charge in [0.15, 0.2) is 11.4 Å². The molecule has 2 aromatic carbocycles. The second kappa shape index (κ2) is 8.12. The minimum Gasteiger partial charge on any atom is -0.504 e. The fourth-order valence-electron chi connectivity index (χ4n) is 3.46. The van der Waals surface area contributed by atoms with E-state index in [1.54, 1.807) is 36.4 Å². The van der Waals surface area contributed by atoms with Gasteiger partial charge < -0.3 is 14.6 Å². The van der Waals surface area contributed by atoms with Gasteiger partial charge in [-0.2, -0.15) is 0 Å². The minimum absolute atomic E-state index is 0.000529. The van der Waals surface area contributed by atoms with Crippen LogP contribution in [-0.2, 0) is 6.42 Å². The number of hydrogen-bond acceptors (Lipinski definition) is 7. The summed E-state index contributed by atoms with van der Waals surface area (Å²) in [5, 5.41) is 28.6. The molecule has 0 spiro atoms. The number of nitrogens with zero attached hydrogens (tertiary/aromatic N) is 4. The van der Waals surface area contributed by atoms with E-state index in [1.165, 1.54) is 30.5 Å². The summed E-state index contributed by atoms with van der Waals surface area (Å²) < 4.78 is 18.9. The predicted molar refractivity (Wildman–Crippen MR) is 116 cm³/mol. The Balaban J connectivity index is 1.59. The van der Waals surface area contributed by atoms with Gasteiger partial charge in [0.1, 0.15) is 11.3 Å². The maximum absolute atomic E-state index is 13.1. The average Bonchev–Trinajstić information content (AvgIpc) is 3.29. The van der Waals surface area contributed by atoms with Crippen molar-refractivity contribution >= 4 is 16.9 Å². The molecule has 3 heterocycles. The van der Waals surface area contributed by atoms with E-state index in [4.69, 9.17) is 9.52 Å². The Morgan fingerprint density at radius 3 is 2.45 bits per heavy atom. The molecule has 33 heavy (non-hydrogen) atoms. The number of rotatable bonds is 5. The van der Waals surface area contributed by atoms with E-state index in [9.17, 15) is 14.3 Å². The van der Waals surface area contributed by atoms with Crippen molar-refractivity contribution in [3.63, 3.8) is 0 Å². The Morgan fingerprint density at radius 2 is 1.73 bits per heavy atom. The number of carbonyl (C=O) groups is 1. The number of benzene rings is 2. The Bertz CT molecular complexity index is 1480. The second-order valence-electron chi connectivity index (χ2n) is 7.24. The van der Waals surface area contributed by atoms with E-state index in [1.807, 2.05) is 0 Å². The summed E-state index contributed by atoms with van der Waals surface area (Å²) in [5.74, 6) is -1.32. The third-order valence-corrected chi connectivity index (χ3v) is 5.08. The lowest BCUT2D eigenvalue weighted by molar-refractivity contribution is 0.0697. The number of fused-ring (bicyclic) bond motifs is 1. The van der Waals surface area contributed by atoms with Crippen molar-refractivity contribution in [2.45, 2.75) is 6.42 Å². The van der Waals surface area contributed by atoms with Crippen molar-refractivity contribution < 1.29 is 23.8 Å². The van der Waals surface area contributed by atoms with Crippen molar-refractivity contribution in [3.05, 3.63) is 89.7 Å². The minimum atomic E-state index is -1.04. The third kappa shape index (κ3) is 3.87. The number of carboxylic acids is 1. The molecule has 8 nitrogen and oxygen atoms in total. The van der Waals surface area contributed by atoms with E-state index in [0.717, 1.165) is 5.56 Å². The fraction of sp³-hybridized carbons (Fsp3) is 0.0417. The first kappa shape index (κ1) is 20.3. The topological polar surface area (TPSA) is 122 Å². The largest absolute Gasteiger partial charge is 0.504 e. The molecule has 0 atom stereocenters. The van der Waals surface area contributed by atoms with E-state index in [-0.39, 0.29) is 46.5 Å². The van der Waals surface area contributed by atoms with Gasteiger partial charge in [0.2, 0.25) is 5.89 Å². The zero-order valence-electron chi connectivity index (χ0n) is 16.9. The number of aromatic hydroxyl groups is 1. The highest BCUT2D eigenvalue weighted by molar-refractivity contribution is 5.99. The number of carboxylic acid groups (broad SMARTS) is 1. The molecule has 162 valence electrons. The van der Waals surface area contributed by atoms with Gasteiger partial charge in [-0.1, -0.05) is 24.3 Å². The third-order valence-electron chi connectivity index (χ3n) is 5.08. The molecule has 0 unspecified atom stereocenters. The molecular weight excluding hydrogens is 427 g/mol. The molecule has 0 amide bonds. The van der Waals surface area contributed by atoms with Crippen LogP contribution in [0.2, 0.25) is 0 Å². The molecule has 0 aliphatic heterocycles. The van der Waals surface area contributed by atoms with Crippen LogP contribution < -0.4 is 0 Å². The molecule has 0 aliphatic rings. The van der Waals surface area contributed by atoms with Crippen molar-refractivity contribution in [1.82, 2.24) is 20.2 Å². The number of aromatic nitrogens is 4. The molecule has 9 heteroatoms. The second-order valence-corrected chi connectivity index (χ2v) is 7.24. The van der Waals surface area contributed by atoms with Crippen molar-refractivity contribution in [2.75, 3.05) is 0 Å². The van der Waals surface area contributed by atoms with Gasteiger partial charge in [-0.3, -0.25) is 4.98 Å². The predicted octanol–water partition coefficient (Wildman–Crippen LogP) is 4.48. The molecule has 2 N–H and O–H groups in total. The van der Waals surface area contributed by atoms with Gasteiger partial charge in [-0.15, -0.1) is 10.2 Å². The first-order valence-electron chi connectivity index (χ1n) is 9.88. The smallest absolute Gasteiger partial charge is 0.335 e. The summed E-state index contributed by atoms with van der Waals surface area (Å²) in [6.07, 6.45) is 1.82. The van der Waals surface area contributed by atoms with Crippen LogP contribution in [0.15, 0.2) is 71.3 Å². The van der Waals surface area contributed by atoms with Crippen molar-refractivity contribution in [1.29, 1.82) is 0 Å². The van der Waals surface area contributed by atoms with Crippen LogP contribution in [0.1, 0.15) is 21.8 Å². The molecule has 0 bridgehead atoms. The number of aromatic carboxylic acids is 1. The van der Waals surface area contributed by atoms with E-state index in [2.05, 4.69) is 20.2 Å². The summed E-state index contributed by atoms with van der Waals surface area (Å²) in [6, 6.07) is 15.6. The summed E-state index contributed by atoms with van der Waals surface area (Å²) in [7, 11) is 0.